The molecule has 1 saturated heterocycles. The minimum atomic E-state index is -0.0188. The average molecular weight is 324 g/mol. The van der Waals surface area contributed by atoms with Crippen molar-refractivity contribution in [1.29, 1.82) is 5.26 Å². The second-order valence-electron chi connectivity index (χ2n) is 6.09. The van der Waals surface area contributed by atoms with E-state index in [9.17, 15) is 4.79 Å². The second kappa shape index (κ2) is 6.71. The van der Waals surface area contributed by atoms with Gasteiger partial charge in [0, 0.05) is 50.9 Å². The first-order chi connectivity index (χ1) is 11.6. The maximum absolute atomic E-state index is 12.1. The lowest BCUT2D eigenvalue weighted by atomic mass is 9.85. The molecule has 2 aromatic rings. The number of nitrogens with one attached hydrogen (secondary N) is 1. The molecule has 7 nitrogen and oxygen atoms in total. The van der Waals surface area contributed by atoms with Gasteiger partial charge in [-0.3, -0.25) is 9.48 Å². The first kappa shape index (κ1) is 16.0. The van der Waals surface area contributed by atoms with E-state index in [1.54, 1.807) is 21.8 Å². The van der Waals surface area contributed by atoms with Gasteiger partial charge in [0.2, 0.25) is 5.91 Å². The van der Waals surface area contributed by atoms with Crippen LogP contribution in [-0.4, -0.2) is 39.2 Å². The number of aromatic nitrogens is 3. The van der Waals surface area contributed by atoms with E-state index in [4.69, 9.17) is 5.26 Å². The van der Waals surface area contributed by atoms with Gasteiger partial charge in [-0.1, -0.05) is 0 Å². The fourth-order valence-electron chi connectivity index (χ4n) is 3.29. The Morgan fingerprint density at radius 1 is 1.46 bits per heavy atom. The third-order valence-electron chi connectivity index (χ3n) is 4.52. The molecule has 2 atom stereocenters. The minimum Gasteiger partial charge on any atom is -0.382 e. The Kier molecular flexibility index (Phi) is 4.47. The molecule has 3 rings (SSSR count). The third kappa shape index (κ3) is 3.08. The van der Waals surface area contributed by atoms with Crippen molar-refractivity contribution in [3.8, 4) is 6.07 Å². The van der Waals surface area contributed by atoms with Crippen molar-refractivity contribution in [3.05, 3.63) is 42.0 Å². The summed E-state index contributed by atoms with van der Waals surface area (Å²) in [5.74, 6) is 0.392. The quantitative estimate of drug-likeness (QED) is 0.925. The Bertz CT molecular complexity index is 777. The molecule has 0 spiro atoms. The Morgan fingerprint density at radius 3 is 3.00 bits per heavy atom. The van der Waals surface area contributed by atoms with Crippen LogP contribution < -0.4 is 5.32 Å². The highest BCUT2D eigenvalue weighted by Crippen LogP contribution is 2.35. The summed E-state index contributed by atoms with van der Waals surface area (Å²) in [6.07, 6.45) is 6.72. The van der Waals surface area contributed by atoms with Crippen molar-refractivity contribution in [2.45, 2.75) is 18.9 Å². The molecule has 1 aliphatic heterocycles. The number of rotatable bonds is 4. The first-order valence-corrected chi connectivity index (χ1v) is 7.93. The largest absolute Gasteiger partial charge is 0.382 e. The van der Waals surface area contributed by atoms with Crippen LogP contribution in [-0.2, 0) is 11.8 Å². The lowest BCUT2D eigenvalue weighted by molar-refractivity contribution is -0.136. The highest BCUT2D eigenvalue weighted by Gasteiger charge is 2.35. The number of amides is 1. The summed E-state index contributed by atoms with van der Waals surface area (Å²) in [6.45, 7) is 0.664. The third-order valence-corrected chi connectivity index (χ3v) is 4.52. The molecule has 1 N–H and O–H groups in total. The van der Waals surface area contributed by atoms with Gasteiger partial charge >= 0.3 is 0 Å². The van der Waals surface area contributed by atoms with Gasteiger partial charge in [-0.25, -0.2) is 4.98 Å². The number of anilines is 1. The van der Waals surface area contributed by atoms with Crippen LogP contribution in [0.5, 0.6) is 0 Å². The van der Waals surface area contributed by atoms with Crippen molar-refractivity contribution < 1.29 is 4.79 Å². The number of hydrogen-bond donors (Lipinski definition) is 1. The van der Waals surface area contributed by atoms with Crippen molar-refractivity contribution in [2.75, 3.05) is 18.9 Å². The molecule has 1 amide bonds. The molecule has 124 valence electrons. The van der Waals surface area contributed by atoms with E-state index < -0.39 is 0 Å². The average Bonchev–Trinajstić information content (AvgIpc) is 3.02. The molecule has 2 aromatic heterocycles. The van der Waals surface area contributed by atoms with E-state index in [2.05, 4.69) is 21.5 Å². The normalized spacial score (nSPS) is 20.7. The number of carbonyl (C=O) groups excluding carboxylic acids is 1. The van der Waals surface area contributed by atoms with E-state index in [1.807, 2.05) is 32.6 Å². The molecule has 7 heteroatoms. The van der Waals surface area contributed by atoms with Crippen LogP contribution in [0.2, 0.25) is 0 Å². The van der Waals surface area contributed by atoms with Crippen LogP contribution in [0.25, 0.3) is 0 Å². The summed E-state index contributed by atoms with van der Waals surface area (Å²) in [4.78, 5) is 18.0. The molecule has 0 radical (unpaired) electrons. The van der Waals surface area contributed by atoms with Crippen molar-refractivity contribution >= 4 is 11.6 Å². The summed E-state index contributed by atoms with van der Waals surface area (Å²) in [6, 6.07) is 5.73. The van der Waals surface area contributed by atoms with Crippen LogP contribution in [0, 0.1) is 17.2 Å². The van der Waals surface area contributed by atoms with Crippen LogP contribution in [0.1, 0.15) is 30.1 Å². The number of aryl methyl sites for hydroxylation is 1. The van der Waals surface area contributed by atoms with Crippen LogP contribution in [0.3, 0.4) is 0 Å². The highest BCUT2D eigenvalue weighted by atomic mass is 16.2. The second-order valence-corrected chi connectivity index (χ2v) is 6.09. The van der Waals surface area contributed by atoms with Gasteiger partial charge < -0.3 is 10.2 Å². The van der Waals surface area contributed by atoms with Gasteiger partial charge in [0.05, 0.1) is 17.9 Å². The summed E-state index contributed by atoms with van der Waals surface area (Å²) in [5.41, 5.74) is 2.15. The van der Waals surface area contributed by atoms with Gasteiger partial charge in [-0.15, -0.1) is 0 Å². The van der Waals surface area contributed by atoms with E-state index in [1.165, 1.54) is 0 Å². The zero-order valence-electron chi connectivity index (χ0n) is 13.8. The van der Waals surface area contributed by atoms with Crippen LogP contribution >= 0.6 is 0 Å². The maximum Gasteiger partial charge on any atom is 0.222 e. The number of nitriles is 1. The SMILES string of the molecule is CN1C(=O)CC[C@H](CNc2cccnc2C#N)[C@H]1c1cnn(C)c1. The minimum absolute atomic E-state index is 0.0188. The molecule has 24 heavy (non-hydrogen) atoms. The molecule has 0 aromatic carbocycles. The lowest BCUT2D eigenvalue weighted by Crippen LogP contribution is -2.42. The summed E-state index contributed by atoms with van der Waals surface area (Å²) in [5, 5.41) is 16.7. The highest BCUT2D eigenvalue weighted by molar-refractivity contribution is 5.77. The first-order valence-electron chi connectivity index (χ1n) is 7.93. The molecule has 0 aliphatic carbocycles. The molecular weight excluding hydrogens is 304 g/mol. The Hall–Kier alpha value is -2.88. The Labute approximate surface area is 140 Å². The van der Waals surface area contributed by atoms with Gasteiger partial charge in [0.15, 0.2) is 5.69 Å². The lowest BCUT2D eigenvalue weighted by Gasteiger charge is -2.38. The number of piperidine rings is 1. The number of nitrogens with zero attached hydrogens (tertiary/aromatic N) is 5. The van der Waals surface area contributed by atoms with E-state index in [0.717, 1.165) is 17.7 Å². The molecule has 0 bridgehead atoms. The van der Waals surface area contributed by atoms with Crippen LogP contribution in [0.4, 0.5) is 5.69 Å². The molecule has 0 unspecified atom stereocenters. The smallest absolute Gasteiger partial charge is 0.222 e. The maximum atomic E-state index is 12.1. The number of likely N-dealkylation sites (tertiary alicyclic amines) is 1. The van der Waals surface area contributed by atoms with Crippen molar-refractivity contribution in [1.82, 2.24) is 19.7 Å². The van der Waals surface area contributed by atoms with E-state index in [-0.39, 0.29) is 17.9 Å². The molecule has 1 aliphatic rings. The topological polar surface area (TPSA) is 86.8 Å². The van der Waals surface area contributed by atoms with Gasteiger partial charge in [0.25, 0.3) is 0 Å². The predicted octanol–water partition coefficient (Wildman–Crippen LogP) is 1.71. The molecule has 3 heterocycles. The van der Waals surface area contributed by atoms with E-state index >= 15 is 0 Å². The van der Waals surface area contributed by atoms with Gasteiger partial charge in [-0.2, -0.15) is 10.4 Å². The summed E-state index contributed by atoms with van der Waals surface area (Å²) < 4.78 is 1.75. The fourth-order valence-corrected chi connectivity index (χ4v) is 3.29. The zero-order chi connectivity index (χ0) is 17.1. The van der Waals surface area contributed by atoms with Crippen molar-refractivity contribution in [3.63, 3.8) is 0 Å². The molecule has 0 saturated carbocycles. The van der Waals surface area contributed by atoms with Gasteiger partial charge in [-0.05, 0) is 18.6 Å². The zero-order valence-corrected chi connectivity index (χ0v) is 13.8. The number of pyridine rings is 1. The molecular formula is C17H20N6O. The van der Waals surface area contributed by atoms with E-state index in [0.29, 0.717) is 18.7 Å². The number of hydrogen-bond acceptors (Lipinski definition) is 5. The Morgan fingerprint density at radius 2 is 2.29 bits per heavy atom. The predicted molar refractivity (Wildman–Crippen MR) is 88.9 cm³/mol. The number of carbonyl (C=O) groups is 1. The summed E-state index contributed by atoms with van der Waals surface area (Å²) in [7, 11) is 3.72. The monoisotopic (exact) mass is 324 g/mol. The summed E-state index contributed by atoms with van der Waals surface area (Å²) >= 11 is 0. The fraction of sp³-hybridized carbons (Fsp3) is 0.412. The van der Waals surface area contributed by atoms with Crippen LogP contribution in [0.15, 0.2) is 30.7 Å². The molecule has 1 fully saturated rings. The standard InChI is InChI=1S/C17H20N6O/c1-22-11-13(10-21-22)17-12(5-6-16(24)23(17)2)9-20-14-4-3-7-19-15(14)8-18/h3-4,7,10-12,17,20H,5-6,9H2,1-2H3/t12-,17+/m1/s1. The Balaban J connectivity index is 1.80. The van der Waals surface area contributed by atoms with Crippen molar-refractivity contribution in [2.24, 2.45) is 13.0 Å². The van der Waals surface area contributed by atoms with Gasteiger partial charge in [0.1, 0.15) is 6.07 Å².